The van der Waals surface area contributed by atoms with E-state index in [2.05, 4.69) is 34.1 Å². The Hall–Kier alpha value is -1.61. The summed E-state index contributed by atoms with van der Waals surface area (Å²) in [5.74, 6) is 2.82. The van der Waals surface area contributed by atoms with E-state index in [9.17, 15) is 0 Å². The smallest absolute Gasteiger partial charge is 0.112 e. The van der Waals surface area contributed by atoms with Gasteiger partial charge < -0.3 is 9.88 Å². The van der Waals surface area contributed by atoms with Crippen molar-refractivity contribution in [3.8, 4) is 0 Å². The first-order chi connectivity index (χ1) is 10.4. The summed E-state index contributed by atoms with van der Waals surface area (Å²) in [5.41, 5.74) is 5.94. The van der Waals surface area contributed by atoms with Gasteiger partial charge in [0.15, 0.2) is 0 Å². The average Bonchev–Trinajstić information content (AvgIpc) is 3.27. The summed E-state index contributed by atoms with van der Waals surface area (Å²) in [4.78, 5) is 4.98. The standard InChI is InChI=1S/C18H21N3/c1-2-4-15-13(3-1)9-14(15)11-21-17-7-8-19-10-16(17)20-18(21)12-5-6-12/h1-4,12,14,19H,5-11H2. The number of benzene rings is 1. The minimum atomic E-state index is 0.701. The summed E-state index contributed by atoms with van der Waals surface area (Å²) in [6.45, 7) is 3.21. The molecule has 1 fully saturated rings. The maximum absolute atomic E-state index is 4.98. The van der Waals surface area contributed by atoms with Crippen LogP contribution in [0, 0.1) is 0 Å². The minimum absolute atomic E-state index is 0.701. The summed E-state index contributed by atoms with van der Waals surface area (Å²) >= 11 is 0. The van der Waals surface area contributed by atoms with E-state index < -0.39 is 0 Å². The van der Waals surface area contributed by atoms with Gasteiger partial charge in [-0.2, -0.15) is 0 Å². The second kappa shape index (κ2) is 4.44. The van der Waals surface area contributed by atoms with Gasteiger partial charge in [-0.25, -0.2) is 4.98 Å². The second-order valence-electron chi connectivity index (χ2n) is 6.77. The first-order valence-electron chi connectivity index (χ1n) is 8.27. The Bertz CT molecular complexity index is 696. The zero-order valence-corrected chi connectivity index (χ0v) is 12.3. The van der Waals surface area contributed by atoms with Gasteiger partial charge >= 0.3 is 0 Å². The summed E-state index contributed by atoms with van der Waals surface area (Å²) in [6.07, 6.45) is 5.06. The predicted octanol–water partition coefficient (Wildman–Crippen LogP) is 2.75. The van der Waals surface area contributed by atoms with Crippen LogP contribution >= 0.6 is 0 Å². The van der Waals surface area contributed by atoms with E-state index in [0.29, 0.717) is 5.92 Å². The fraction of sp³-hybridized carbons (Fsp3) is 0.500. The molecular weight excluding hydrogens is 258 g/mol. The second-order valence-corrected chi connectivity index (χ2v) is 6.77. The van der Waals surface area contributed by atoms with Gasteiger partial charge in [-0.1, -0.05) is 24.3 Å². The first-order valence-corrected chi connectivity index (χ1v) is 8.27. The molecule has 1 atom stereocenters. The van der Waals surface area contributed by atoms with Crippen molar-refractivity contribution in [2.75, 3.05) is 6.54 Å². The molecule has 108 valence electrons. The number of nitrogens with one attached hydrogen (secondary N) is 1. The van der Waals surface area contributed by atoms with Crippen LogP contribution in [-0.2, 0) is 25.9 Å². The molecule has 2 aliphatic carbocycles. The molecule has 1 unspecified atom stereocenters. The molecule has 1 aromatic carbocycles. The molecule has 21 heavy (non-hydrogen) atoms. The van der Waals surface area contributed by atoms with Crippen LogP contribution < -0.4 is 5.32 Å². The van der Waals surface area contributed by atoms with Crippen molar-refractivity contribution < 1.29 is 0 Å². The molecule has 1 N–H and O–H groups in total. The zero-order valence-electron chi connectivity index (χ0n) is 12.3. The van der Waals surface area contributed by atoms with Crippen molar-refractivity contribution in [3.63, 3.8) is 0 Å². The monoisotopic (exact) mass is 279 g/mol. The van der Waals surface area contributed by atoms with E-state index >= 15 is 0 Å². The third-order valence-corrected chi connectivity index (χ3v) is 5.32. The predicted molar refractivity (Wildman–Crippen MR) is 82.5 cm³/mol. The molecule has 2 heterocycles. The number of rotatable bonds is 3. The molecule has 3 aliphatic rings. The van der Waals surface area contributed by atoms with Crippen molar-refractivity contribution in [1.82, 2.24) is 14.9 Å². The van der Waals surface area contributed by atoms with Crippen LogP contribution in [0.15, 0.2) is 24.3 Å². The Balaban J connectivity index is 1.50. The van der Waals surface area contributed by atoms with E-state index in [1.165, 1.54) is 36.5 Å². The fourth-order valence-corrected chi connectivity index (χ4v) is 3.99. The maximum atomic E-state index is 4.98. The quantitative estimate of drug-likeness (QED) is 0.936. The molecule has 0 amide bonds. The molecule has 1 aromatic heterocycles. The van der Waals surface area contributed by atoms with Crippen LogP contribution in [0.25, 0.3) is 0 Å². The maximum Gasteiger partial charge on any atom is 0.112 e. The van der Waals surface area contributed by atoms with Gasteiger partial charge in [0.2, 0.25) is 0 Å². The zero-order chi connectivity index (χ0) is 13.8. The highest BCUT2D eigenvalue weighted by molar-refractivity contribution is 5.40. The SMILES string of the molecule is c1ccc2c(c1)CC2Cn1c(C2CC2)nc2c1CCNC2. The van der Waals surface area contributed by atoms with Gasteiger partial charge in [-0.3, -0.25) is 0 Å². The van der Waals surface area contributed by atoms with Crippen LogP contribution in [0.3, 0.4) is 0 Å². The highest BCUT2D eigenvalue weighted by Gasteiger charge is 2.34. The molecule has 0 saturated heterocycles. The molecule has 3 nitrogen and oxygen atoms in total. The molecule has 1 aliphatic heterocycles. The highest BCUT2D eigenvalue weighted by Crippen LogP contribution is 2.43. The Kier molecular flexibility index (Phi) is 2.53. The molecule has 3 heteroatoms. The Morgan fingerprint density at radius 2 is 2.14 bits per heavy atom. The lowest BCUT2D eigenvalue weighted by Crippen LogP contribution is -2.27. The van der Waals surface area contributed by atoms with E-state index in [1.807, 2.05) is 0 Å². The number of fused-ring (bicyclic) bond motifs is 2. The summed E-state index contributed by atoms with van der Waals surface area (Å²) in [7, 11) is 0. The lowest BCUT2D eigenvalue weighted by atomic mass is 9.77. The number of nitrogens with zero attached hydrogens (tertiary/aromatic N) is 2. The van der Waals surface area contributed by atoms with E-state index in [1.54, 1.807) is 11.1 Å². The van der Waals surface area contributed by atoms with Gasteiger partial charge in [-0.05, 0) is 30.4 Å². The third kappa shape index (κ3) is 1.87. The topological polar surface area (TPSA) is 29.9 Å². The van der Waals surface area contributed by atoms with Crippen molar-refractivity contribution in [1.29, 1.82) is 0 Å². The van der Waals surface area contributed by atoms with E-state index in [4.69, 9.17) is 4.98 Å². The molecule has 5 rings (SSSR count). The number of imidazole rings is 1. The molecule has 0 bridgehead atoms. The molecule has 0 radical (unpaired) electrons. The summed E-state index contributed by atoms with van der Waals surface area (Å²) in [6, 6.07) is 8.93. The molecule has 0 spiro atoms. The number of aromatic nitrogens is 2. The molecule has 1 saturated carbocycles. The van der Waals surface area contributed by atoms with Gasteiger partial charge in [0.1, 0.15) is 5.82 Å². The van der Waals surface area contributed by atoms with Crippen LogP contribution in [0.5, 0.6) is 0 Å². The lowest BCUT2D eigenvalue weighted by Gasteiger charge is -2.31. The van der Waals surface area contributed by atoms with Crippen molar-refractivity contribution in [2.45, 2.75) is 50.6 Å². The fourth-order valence-electron chi connectivity index (χ4n) is 3.99. The largest absolute Gasteiger partial charge is 0.331 e. The van der Waals surface area contributed by atoms with Gasteiger partial charge in [0, 0.05) is 43.6 Å². The minimum Gasteiger partial charge on any atom is -0.331 e. The van der Waals surface area contributed by atoms with Crippen LogP contribution in [0.1, 0.15) is 53.0 Å². The van der Waals surface area contributed by atoms with E-state index in [-0.39, 0.29) is 0 Å². The molecule has 2 aromatic rings. The number of hydrogen-bond acceptors (Lipinski definition) is 2. The Morgan fingerprint density at radius 1 is 1.24 bits per heavy atom. The Morgan fingerprint density at radius 3 is 3.00 bits per heavy atom. The summed E-state index contributed by atoms with van der Waals surface area (Å²) in [5, 5.41) is 3.46. The van der Waals surface area contributed by atoms with Crippen LogP contribution in [-0.4, -0.2) is 16.1 Å². The lowest BCUT2D eigenvalue weighted by molar-refractivity contribution is 0.477. The van der Waals surface area contributed by atoms with Gasteiger partial charge in [-0.15, -0.1) is 0 Å². The first kappa shape index (κ1) is 12.0. The van der Waals surface area contributed by atoms with Crippen molar-refractivity contribution in [3.05, 3.63) is 52.6 Å². The third-order valence-electron chi connectivity index (χ3n) is 5.32. The van der Waals surface area contributed by atoms with E-state index in [0.717, 1.165) is 32.0 Å². The van der Waals surface area contributed by atoms with Gasteiger partial charge in [0.05, 0.1) is 5.69 Å². The highest BCUT2D eigenvalue weighted by atomic mass is 15.1. The van der Waals surface area contributed by atoms with Crippen molar-refractivity contribution >= 4 is 0 Å². The van der Waals surface area contributed by atoms with Gasteiger partial charge in [0.25, 0.3) is 0 Å². The number of hydrogen-bond donors (Lipinski definition) is 1. The normalized spacial score (nSPS) is 23.3. The molecular formula is C18H21N3. The van der Waals surface area contributed by atoms with Crippen LogP contribution in [0.2, 0.25) is 0 Å². The summed E-state index contributed by atoms with van der Waals surface area (Å²) < 4.78 is 2.59. The van der Waals surface area contributed by atoms with Crippen LogP contribution in [0.4, 0.5) is 0 Å². The average molecular weight is 279 g/mol. The van der Waals surface area contributed by atoms with Crippen molar-refractivity contribution in [2.24, 2.45) is 0 Å². The Labute approximate surface area is 125 Å².